The predicted octanol–water partition coefficient (Wildman–Crippen LogP) is 2.19. The van der Waals surface area contributed by atoms with Gasteiger partial charge in [0.2, 0.25) is 10.0 Å². The summed E-state index contributed by atoms with van der Waals surface area (Å²) >= 11 is 3.12. The molecule has 7 heteroatoms. The van der Waals surface area contributed by atoms with Crippen LogP contribution in [0.15, 0.2) is 27.6 Å². The molecule has 2 unspecified atom stereocenters. The molecule has 20 heavy (non-hydrogen) atoms. The molecule has 0 saturated carbocycles. The van der Waals surface area contributed by atoms with Gasteiger partial charge in [0.15, 0.2) is 0 Å². The van der Waals surface area contributed by atoms with Crippen molar-refractivity contribution >= 4 is 26.0 Å². The van der Waals surface area contributed by atoms with Crippen molar-refractivity contribution in [2.75, 3.05) is 19.6 Å². The van der Waals surface area contributed by atoms with Crippen molar-refractivity contribution < 1.29 is 12.8 Å². The number of halogens is 2. The van der Waals surface area contributed by atoms with E-state index >= 15 is 0 Å². The maximum absolute atomic E-state index is 13.1. The highest BCUT2D eigenvalue weighted by Crippen LogP contribution is 2.30. The minimum absolute atomic E-state index is 0.101. The van der Waals surface area contributed by atoms with E-state index in [1.165, 1.54) is 16.4 Å². The van der Waals surface area contributed by atoms with E-state index in [0.29, 0.717) is 25.6 Å². The number of sulfonamides is 1. The average Bonchev–Trinajstić information content (AvgIpc) is 2.38. The lowest BCUT2D eigenvalue weighted by molar-refractivity contribution is 0.203. The second-order valence-corrected chi connectivity index (χ2v) is 7.96. The standard InChI is InChI=1S/C13H18BrFN2O2S/c1-9-4-5-17(8-10(9)7-16)20(18,19)13-3-2-11(15)6-12(13)14/h2-3,6,9-10H,4-5,7-8,16H2,1H3. The van der Waals surface area contributed by atoms with E-state index in [0.717, 1.165) is 12.5 Å². The minimum atomic E-state index is -3.61. The molecule has 0 radical (unpaired) electrons. The van der Waals surface area contributed by atoms with Crippen LogP contribution < -0.4 is 5.73 Å². The van der Waals surface area contributed by atoms with Gasteiger partial charge >= 0.3 is 0 Å². The van der Waals surface area contributed by atoms with Gasteiger partial charge in [0.1, 0.15) is 5.82 Å². The van der Waals surface area contributed by atoms with Crippen LogP contribution in [0.3, 0.4) is 0 Å². The van der Waals surface area contributed by atoms with E-state index in [2.05, 4.69) is 22.9 Å². The van der Waals surface area contributed by atoms with Crippen molar-refractivity contribution in [2.24, 2.45) is 17.6 Å². The molecular formula is C13H18BrFN2O2S. The summed E-state index contributed by atoms with van der Waals surface area (Å²) < 4.78 is 40.0. The minimum Gasteiger partial charge on any atom is -0.330 e. The van der Waals surface area contributed by atoms with Crippen LogP contribution >= 0.6 is 15.9 Å². The lowest BCUT2D eigenvalue weighted by atomic mass is 9.88. The summed E-state index contributed by atoms with van der Waals surface area (Å²) in [5, 5.41) is 0. The Bertz CT molecular complexity index is 594. The monoisotopic (exact) mass is 364 g/mol. The van der Waals surface area contributed by atoms with E-state index in [-0.39, 0.29) is 15.3 Å². The Morgan fingerprint density at radius 2 is 2.20 bits per heavy atom. The number of rotatable bonds is 3. The Morgan fingerprint density at radius 1 is 1.50 bits per heavy atom. The lowest BCUT2D eigenvalue weighted by Crippen LogP contribution is -2.45. The zero-order chi connectivity index (χ0) is 14.9. The lowest BCUT2D eigenvalue weighted by Gasteiger charge is -2.35. The summed E-state index contributed by atoms with van der Waals surface area (Å²) in [5.74, 6) is 0.115. The first-order chi connectivity index (χ1) is 9.36. The first-order valence-electron chi connectivity index (χ1n) is 6.51. The number of nitrogens with two attached hydrogens (primary N) is 1. The highest BCUT2D eigenvalue weighted by Gasteiger charge is 2.34. The molecule has 1 fully saturated rings. The molecule has 1 aromatic carbocycles. The first kappa shape index (κ1) is 15.9. The van der Waals surface area contributed by atoms with Crippen LogP contribution in [0.2, 0.25) is 0 Å². The molecule has 1 aliphatic heterocycles. The van der Waals surface area contributed by atoms with Crippen LogP contribution in [0.5, 0.6) is 0 Å². The molecule has 0 amide bonds. The number of benzene rings is 1. The molecule has 0 bridgehead atoms. The van der Waals surface area contributed by atoms with Crippen molar-refractivity contribution in [1.82, 2.24) is 4.31 Å². The highest BCUT2D eigenvalue weighted by atomic mass is 79.9. The summed E-state index contributed by atoms with van der Waals surface area (Å²) in [4.78, 5) is 0.101. The van der Waals surface area contributed by atoms with Crippen molar-refractivity contribution in [1.29, 1.82) is 0 Å². The molecule has 0 aliphatic carbocycles. The molecule has 1 aromatic rings. The van der Waals surface area contributed by atoms with Crippen molar-refractivity contribution in [2.45, 2.75) is 18.2 Å². The number of piperidine rings is 1. The van der Waals surface area contributed by atoms with Gasteiger partial charge in [0.25, 0.3) is 0 Å². The molecule has 0 aromatic heterocycles. The molecule has 2 rings (SSSR count). The fourth-order valence-corrected chi connectivity index (χ4v) is 4.99. The molecule has 1 heterocycles. The van der Waals surface area contributed by atoms with Crippen LogP contribution in [-0.4, -0.2) is 32.4 Å². The number of hydrogen-bond acceptors (Lipinski definition) is 3. The molecule has 1 aliphatic rings. The quantitative estimate of drug-likeness (QED) is 0.893. The van der Waals surface area contributed by atoms with Gasteiger partial charge < -0.3 is 5.73 Å². The van der Waals surface area contributed by atoms with Gasteiger partial charge in [-0.15, -0.1) is 0 Å². The maximum Gasteiger partial charge on any atom is 0.244 e. The zero-order valence-corrected chi connectivity index (χ0v) is 13.6. The number of nitrogens with zero attached hydrogens (tertiary/aromatic N) is 1. The van der Waals surface area contributed by atoms with Crippen LogP contribution in [0.4, 0.5) is 4.39 Å². The van der Waals surface area contributed by atoms with Crippen molar-refractivity contribution in [3.05, 3.63) is 28.5 Å². The van der Waals surface area contributed by atoms with E-state index in [4.69, 9.17) is 5.73 Å². The van der Waals surface area contributed by atoms with Gasteiger partial charge in [0.05, 0.1) is 4.90 Å². The molecule has 2 atom stereocenters. The second-order valence-electron chi connectivity index (χ2n) is 5.20. The van der Waals surface area contributed by atoms with Crippen LogP contribution in [-0.2, 0) is 10.0 Å². The van der Waals surface area contributed by atoms with Crippen LogP contribution in [0, 0.1) is 17.7 Å². The third-order valence-corrected chi connectivity index (χ3v) is 6.73. The fraction of sp³-hybridized carbons (Fsp3) is 0.538. The second kappa shape index (κ2) is 6.09. The third-order valence-electron chi connectivity index (χ3n) is 3.89. The average molecular weight is 365 g/mol. The summed E-state index contributed by atoms with van der Waals surface area (Å²) in [6.07, 6.45) is 0.792. The Kier molecular flexibility index (Phi) is 4.84. The highest BCUT2D eigenvalue weighted by molar-refractivity contribution is 9.10. The maximum atomic E-state index is 13.1. The topological polar surface area (TPSA) is 63.4 Å². The fourth-order valence-electron chi connectivity index (χ4n) is 2.46. The largest absolute Gasteiger partial charge is 0.330 e. The molecular weight excluding hydrogens is 347 g/mol. The molecule has 2 N–H and O–H groups in total. The Morgan fingerprint density at radius 3 is 2.80 bits per heavy atom. The van der Waals surface area contributed by atoms with Crippen molar-refractivity contribution in [3.63, 3.8) is 0 Å². The van der Waals surface area contributed by atoms with Gasteiger partial charge in [-0.1, -0.05) is 6.92 Å². The van der Waals surface area contributed by atoms with Gasteiger partial charge in [-0.2, -0.15) is 4.31 Å². The predicted molar refractivity (Wildman–Crippen MR) is 79.2 cm³/mol. The number of hydrogen-bond donors (Lipinski definition) is 1. The zero-order valence-electron chi connectivity index (χ0n) is 11.2. The normalized spacial score (nSPS) is 24.8. The van der Waals surface area contributed by atoms with E-state index in [1.807, 2.05) is 0 Å². The van der Waals surface area contributed by atoms with Gasteiger partial charge in [-0.25, -0.2) is 12.8 Å². The SMILES string of the molecule is CC1CCN(S(=O)(=O)c2ccc(F)cc2Br)CC1CN. The van der Waals surface area contributed by atoms with E-state index in [9.17, 15) is 12.8 Å². The van der Waals surface area contributed by atoms with E-state index < -0.39 is 15.8 Å². The molecule has 112 valence electrons. The summed E-state index contributed by atoms with van der Waals surface area (Å²) in [6.45, 7) is 3.46. The molecule has 0 spiro atoms. The van der Waals surface area contributed by atoms with E-state index in [1.54, 1.807) is 0 Å². The van der Waals surface area contributed by atoms with Gasteiger partial charge in [0, 0.05) is 17.6 Å². The van der Waals surface area contributed by atoms with Crippen molar-refractivity contribution in [3.8, 4) is 0 Å². The van der Waals surface area contributed by atoms with Crippen LogP contribution in [0.1, 0.15) is 13.3 Å². The van der Waals surface area contributed by atoms with Gasteiger partial charge in [-0.3, -0.25) is 0 Å². The smallest absolute Gasteiger partial charge is 0.244 e. The Balaban J connectivity index is 2.31. The summed E-state index contributed by atoms with van der Waals surface area (Å²) in [6, 6.07) is 3.62. The molecule has 4 nitrogen and oxygen atoms in total. The van der Waals surface area contributed by atoms with Crippen LogP contribution in [0.25, 0.3) is 0 Å². The Labute approximate surface area is 127 Å². The van der Waals surface area contributed by atoms with Gasteiger partial charge in [-0.05, 0) is 58.9 Å². The Hall–Kier alpha value is -0.500. The third kappa shape index (κ3) is 3.05. The molecule has 1 saturated heterocycles. The summed E-state index contributed by atoms with van der Waals surface area (Å²) in [5.41, 5.74) is 5.71. The summed E-state index contributed by atoms with van der Waals surface area (Å²) in [7, 11) is -3.61. The first-order valence-corrected chi connectivity index (χ1v) is 8.75.